The molecule has 19 heavy (non-hydrogen) atoms. The fourth-order valence-corrected chi connectivity index (χ4v) is 2.30. The van der Waals surface area contributed by atoms with Gasteiger partial charge in [-0.25, -0.2) is 4.39 Å². The highest BCUT2D eigenvalue weighted by atomic mass is 19.1. The fraction of sp³-hybridized carbons (Fsp3) is 0.357. The van der Waals surface area contributed by atoms with Gasteiger partial charge in [0, 0.05) is 24.7 Å². The van der Waals surface area contributed by atoms with Crippen molar-refractivity contribution in [1.29, 1.82) is 0 Å². The molecule has 0 radical (unpaired) electrons. The maximum atomic E-state index is 13.5. The molecule has 1 heterocycles. The first-order valence-electron chi connectivity index (χ1n) is 6.09. The lowest BCUT2D eigenvalue weighted by Crippen LogP contribution is -2.10. The number of ether oxygens (including phenoxy) is 1. The van der Waals surface area contributed by atoms with Crippen molar-refractivity contribution in [3.05, 3.63) is 35.4 Å². The molecule has 0 saturated carbocycles. The Morgan fingerprint density at radius 3 is 2.79 bits per heavy atom. The summed E-state index contributed by atoms with van der Waals surface area (Å²) in [5.74, 6) is 0.365. The normalized spacial score (nSPS) is 10.8. The predicted octanol–water partition coefficient (Wildman–Crippen LogP) is 2.26. The molecule has 1 aromatic carbocycles. The number of hydrogen-bond acceptors (Lipinski definition) is 3. The van der Waals surface area contributed by atoms with E-state index in [2.05, 4.69) is 10.4 Å². The molecule has 0 aliphatic carbocycles. The zero-order valence-electron chi connectivity index (χ0n) is 11.6. The van der Waals surface area contributed by atoms with Crippen molar-refractivity contribution >= 4 is 0 Å². The smallest absolute Gasteiger partial charge is 0.127 e. The molecule has 0 saturated heterocycles. The topological polar surface area (TPSA) is 39.1 Å². The van der Waals surface area contributed by atoms with Crippen molar-refractivity contribution in [2.75, 3.05) is 14.2 Å². The number of halogens is 1. The second-order valence-electron chi connectivity index (χ2n) is 4.41. The maximum Gasteiger partial charge on any atom is 0.127 e. The highest BCUT2D eigenvalue weighted by molar-refractivity contribution is 5.74. The fourth-order valence-electron chi connectivity index (χ4n) is 2.30. The summed E-state index contributed by atoms with van der Waals surface area (Å²) in [5, 5.41) is 7.51. The van der Waals surface area contributed by atoms with Gasteiger partial charge in [-0.2, -0.15) is 5.10 Å². The molecule has 0 aliphatic heterocycles. The van der Waals surface area contributed by atoms with Crippen LogP contribution < -0.4 is 10.1 Å². The van der Waals surface area contributed by atoms with E-state index < -0.39 is 0 Å². The van der Waals surface area contributed by atoms with Crippen LogP contribution >= 0.6 is 0 Å². The number of benzene rings is 1. The summed E-state index contributed by atoms with van der Waals surface area (Å²) < 4.78 is 20.7. The minimum Gasteiger partial charge on any atom is -0.496 e. The lowest BCUT2D eigenvalue weighted by Gasteiger charge is -2.11. The van der Waals surface area contributed by atoms with E-state index in [0.717, 1.165) is 22.5 Å². The van der Waals surface area contributed by atoms with Gasteiger partial charge in [0.1, 0.15) is 11.6 Å². The second-order valence-corrected chi connectivity index (χ2v) is 4.41. The van der Waals surface area contributed by atoms with Crippen molar-refractivity contribution in [2.24, 2.45) is 7.05 Å². The largest absolute Gasteiger partial charge is 0.496 e. The van der Waals surface area contributed by atoms with Gasteiger partial charge in [0.25, 0.3) is 0 Å². The van der Waals surface area contributed by atoms with Crippen LogP contribution in [0.5, 0.6) is 5.75 Å². The van der Waals surface area contributed by atoms with Gasteiger partial charge in [0.05, 0.1) is 18.5 Å². The van der Waals surface area contributed by atoms with Gasteiger partial charge < -0.3 is 10.1 Å². The van der Waals surface area contributed by atoms with Crippen LogP contribution in [0.2, 0.25) is 0 Å². The van der Waals surface area contributed by atoms with Gasteiger partial charge in [0.2, 0.25) is 0 Å². The molecule has 5 heteroatoms. The molecule has 0 spiro atoms. The average molecular weight is 263 g/mol. The third kappa shape index (κ3) is 2.46. The minimum atomic E-state index is -0.283. The molecule has 0 fully saturated rings. The molecule has 0 aliphatic rings. The Morgan fingerprint density at radius 2 is 2.16 bits per heavy atom. The standard InChI is InChI=1S/C14H18FN3O/c1-9-14(12(8-16-2)18(3)17-9)11-7-10(15)5-6-13(11)19-4/h5-7,16H,8H2,1-4H3. The molecular weight excluding hydrogens is 245 g/mol. The summed E-state index contributed by atoms with van der Waals surface area (Å²) in [5.41, 5.74) is 3.52. The number of aryl methyl sites for hydroxylation is 2. The Bertz CT molecular complexity index is 593. The Hall–Kier alpha value is -1.88. The van der Waals surface area contributed by atoms with Crippen LogP contribution in [-0.2, 0) is 13.6 Å². The maximum absolute atomic E-state index is 13.5. The van der Waals surface area contributed by atoms with E-state index in [1.807, 2.05) is 25.7 Å². The number of methoxy groups -OCH3 is 1. The Morgan fingerprint density at radius 1 is 1.42 bits per heavy atom. The first kappa shape index (κ1) is 13.5. The first-order valence-corrected chi connectivity index (χ1v) is 6.09. The van der Waals surface area contributed by atoms with E-state index in [1.165, 1.54) is 12.1 Å². The molecular formula is C14H18FN3O. The SMILES string of the molecule is CNCc1c(-c2cc(F)ccc2OC)c(C)nn1C. The Balaban J connectivity index is 2.67. The highest BCUT2D eigenvalue weighted by Crippen LogP contribution is 2.35. The van der Waals surface area contributed by atoms with Gasteiger partial charge in [-0.05, 0) is 32.2 Å². The number of nitrogens with one attached hydrogen (secondary N) is 1. The molecule has 0 amide bonds. The van der Waals surface area contributed by atoms with Crippen LogP contribution in [0.15, 0.2) is 18.2 Å². The number of rotatable bonds is 4. The summed E-state index contributed by atoms with van der Waals surface area (Å²) in [6, 6.07) is 4.52. The van der Waals surface area contributed by atoms with Crippen molar-refractivity contribution in [3.8, 4) is 16.9 Å². The highest BCUT2D eigenvalue weighted by Gasteiger charge is 2.18. The van der Waals surface area contributed by atoms with Crippen LogP contribution in [-0.4, -0.2) is 23.9 Å². The van der Waals surface area contributed by atoms with Crippen LogP contribution in [0, 0.1) is 12.7 Å². The third-order valence-electron chi connectivity index (χ3n) is 3.12. The summed E-state index contributed by atoms with van der Waals surface area (Å²) >= 11 is 0. The predicted molar refractivity (Wildman–Crippen MR) is 72.7 cm³/mol. The quantitative estimate of drug-likeness (QED) is 0.919. The molecule has 0 atom stereocenters. The summed E-state index contributed by atoms with van der Waals surface area (Å²) in [4.78, 5) is 0. The van der Waals surface area contributed by atoms with Gasteiger partial charge in [-0.1, -0.05) is 0 Å². The molecule has 1 aromatic heterocycles. The number of aromatic nitrogens is 2. The van der Waals surface area contributed by atoms with Gasteiger partial charge >= 0.3 is 0 Å². The van der Waals surface area contributed by atoms with Crippen molar-refractivity contribution in [3.63, 3.8) is 0 Å². The van der Waals surface area contributed by atoms with Gasteiger partial charge in [-0.3, -0.25) is 4.68 Å². The van der Waals surface area contributed by atoms with Crippen LogP contribution in [0.1, 0.15) is 11.4 Å². The van der Waals surface area contributed by atoms with E-state index in [1.54, 1.807) is 13.2 Å². The Labute approximate surface area is 112 Å². The van der Waals surface area contributed by atoms with Gasteiger partial charge in [0.15, 0.2) is 0 Å². The molecule has 1 N–H and O–H groups in total. The molecule has 0 unspecified atom stereocenters. The zero-order chi connectivity index (χ0) is 14.0. The van der Waals surface area contributed by atoms with Crippen molar-refractivity contribution in [2.45, 2.75) is 13.5 Å². The van der Waals surface area contributed by atoms with Gasteiger partial charge in [-0.15, -0.1) is 0 Å². The zero-order valence-corrected chi connectivity index (χ0v) is 11.6. The molecule has 0 bridgehead atoms. The van der Waals surface area contributed by atoms with E-state index in [4.69, 9.17) is 4.74 Å². The molecule has 2 aromatic rings. The lowest BCUT2D eigenvalue weighted by atomic mass is 10.0. The molecule has 4 nitrogen and oxygen atoms in total. The summed E-state index contributed by atoms with van der Waals surface area (Å²) in [7, 11) is 5.34. The Kier molecular flexibility index (Phi) is 3.85. The molecule has 2 rings (SSSR count). The summed E-state index contributed by atoms with van der Waals surface area (Å²) in [6.45, 7) is 2.57. The van der Waals surface area contributed by atoms with E-state index >= 15 is 0 Å². The van der Waals surface area contributed by atoms with E-state index in [-0.39, 0.29) is 5.82 Å². The van der Waals surface area contributed by atoms with E-state index in [9.17, 15) is 4.39 Å². The number of nitrogens with zero attached hydrogens (tertiary/aromatic N) is 2. The minimum absolute atomic E-state index is 0.283. The summed E-state index contributed by atoms with van der Waals surface area (Å²) in [6.07, 6.45) is 0. The van der Waals surface area contributed by atoms with Crippen LogP contribution in [0.4, 0.5) is 4.39 Å². The monoisotopic (exact) mass is 263 g/mol. The lowest BCUT2D eigenvalue weighted by molar-refractivity contribution is 0.415. The average Bonchev–Trinajstić information content (AvgIpc) is 2.65. The van der Waals surface area contributed by atoms with E-state index in [0.29, 0.717) is 12.3 Å². The van der Waals surface area contributed by atoms with Crippen LogP contribution in [0.25, 0.3) is 11.1 Å². The first-order chi connectivity index (χ1) is 9.08. The van der Waals surface area contributed by atoms with Crippen molar-refractivity contribution in [1.82, 2.24) is 15.1 Å². The van der Waals surface area contributed by atoms with Crippen molar-refractivity contribution < 1.29 is 9.13 Å². The van der Waals surface area contributed by atoms with Crippen LogP contribution in [0.3, 0.4) is 0 Å². The third-order valence-corrected chi connectivity index (χ3v) is 3.12. The number of hydrogen-bond donors (Lipinski definition) is 1. The molecule has 102 valence electrons. The second kappa shape index (κ2) is 5.40.